The minimum absolute atomic E-state index is 0.0306. The van der Waals surface area contributed by atoms with Gasteiger partial charge in [0.2, 0.25) is 5.91 Å². The number of carbonyl (C=O) groups is 2. The summed E-state index contributed by atoms with van der Waals surface area (Å²) < 4.78 is 0. The summed E-state index contributed by atoms with van der Waals surface area (Å²) in [6.07, 6.45) is 1.21. The summed E-state index contributed by atoms with van der Waals surface area (Å²) in [7, 11) is 0. The van der Waals surface area contributed by atoms with Crippen LogP contribution in [0.25, 0.3) is 0 Å². The molecule has 0 saturated heterocycles. The maximum Gasteiger partial charge on any atom is 0.220 e. The van der Waals surface area contributed by atoms with Crippen molar-refractivity contribution in [2.45, 2.75) is 26.2 Å². The number of thiophene rings is 1. The van der Waals surface area contributed by atoms with Crippen LogP contribution in [0.4, 0.5) is 0 Å². The summed E-state index contributed by atoms with van der Waals surface area (Å²) in [6, 6.07) is 11.3. The Bertz CT molecular complexity index is 666. The molecular weight excluding hydrogens is 318 g/mol. The van der Waals surface area contributed by atoms with E-state index in [0.717, 1.165) is 21.7 Å². The molecule has 3 nitrogen and oxygen atoms in total. The van der Waals surface area contributed by atoms with Gasteiger partial charge < -0.3 is 5.32 Å². The van der Waals surface area contributed by atoms with Crippen LogP contribution in [0.2, 0.25) is 5.02 Å². The van der Waals surface area contributed by atoms with E-state index in [9.17, 15) is 9.59 Å². The number of hydrogen-bond donors (Lipinski definition) is 1. The smallest absolute Gasteiger partial charge is 0.220 e. The molecule has 0 atom stereocenters. The van der Waals surface area contributed by atoms with Crippen LogP contribution in [0.1, 0.15) is 33.0 Å². The lowest BCUT2D eigenvalue weighted by atomic mass is 10.1. The summed E-state index contributed by atoms with van der Waals surface area (Å²) >= 11 is 7.38. The molecular formula is C17H18ClNO2S. The molecule has 0 saturated carbocycles. The van der Waals surface area contributed by atoms with Crippen molar-refractivity contribution >= 4 is 34.6 Å². The van der Waals surface area contributed by atoms with Gasteiger partial charge in [0, 0.05) is 29.3 Å². The third-order valence-corrected chi connectivity index (χ3v) is 4.50. The Morgan fingerprint density at radius 3 is 2.68 bits per heavy atom. The third-order valence-electron chi connectivity index (χ3n) is 3.22. The number of carbonyl (C=O) groups excluding carboxylic acids is 2. The lowest BCUT2D eigenvalue weighted by Crippen LogP contribution is -2.26. The van der Waals surface area contributed by atoms with Gasteiger partial charge in [-0.15, -0.1) is 11.3 Å². The van der Waals surface area contributed by atoms with E-state index in [1.54, 1.807) is 0 Å². The zero-order valence-electron chi connectivity index (χ0n) is 12.4. The number of halogens is 1. The van der Waals surface area contributed by atoms with E-state index in [0.29, 0.717) is 11.6 Å². The summed E-state index contributed by atoms with van der Waals surface area (Å²) in [4.78, 5) is 25.5. The fourth-order valence-electron chi connectivity index (χ4n) is 2.06. The lowest BCUT2D eigenvalue weighted by molar-refractivity contribution is -0.121. The van der Waals surface area contributed by atoms with E-state index >= 15 is 0 Å². The predicted octanol–water partition coefficient (Wildman–Crippen LogP) is 4.03. The van der Waals surface area contributed by atoms with Crippen LogP contribution in [-0.4, -0.2) is 18.2 Å². The second-order valence-corrected chi connectivity index (χ2v) is 6.79. The first kappa shape index (κ1) is 16.7. The minimum Gasteiger partial charge on any atom is -0.356 e. The SMILES string of the molecule is Cc1ccc(C(=O)CCC(=O)NCCc2cccc(Cl)c2)s1. The Morgan fingerprint density at radius 2 is 2.00 bits per heavy atom. The van der Waals surface area contributed by atoms with Crippen molar-refractivity contribution in [3.05, 3.63) is 56.7 Å². The average molecular weight is 336 g/mol. The molecule has 1 amide bonds. The molecule has 0 aliphatic rings. The first-order valence-electron chi connectivity index (χ1n) is 7.15. The van der Waals surface area contributed by atoms with E-state index in [4.69, 9.17) is 11.6 Å². The highest BCUT2D eigenvalue weighted by molar-refractivity contribution is 7.14. The number of hydrogen-bond acceptors (Lipinski definition) is 3. The molecule has 0 aliphatic carbocycles. The van der Waals surface area contributed by atoms with Crippen molar-refractivity contribution in [3.8, 4) is 0 Å². The topological polar surface area (TPSA) is 46.2 Å². The van der Waals surface area contributed by atoms with Crippen molar-refractivity contribution < 1.29 is 9.59 Å². The zero-order chi connectivity index (χ0) is 15.9. The molecule has 0 spiro atoms. The quantitative estimate of drug-likeness (QED) is 0.776. The molecule has 1 N–H and O–H groups in total. The Labute approximate surface area is 139 Å². The van der Waals surface area contributed by atoms with Crippen LogP contribution in [-0.2, 0) is 11.2 Å². The molecule has 0 bridgehead atoms. The fraction of sp³-hybridized carbons (Fsp3) is 0.294. The van der Waals surface area contributed by atoms with E-state index < -0.39 is 0 Å². The van der Waals surface area contributed by atoms with E-state index in [-0.39, 0.29) is 24.5 Å². The number of nitrogens with one attached hydrogen (secondary N) is 1. The fourth-order valence-corrected chi connectivity index (χ4v) is 3.11. The van der Waals surface area contributed by atoms with E-state index in [2.05, 4.69) is 5.32 Å². The van der Waals surface area contributed by atoms with E-state index in [1.165, 1.54) is 11.3 Å². The molecule has 1 aromatic carbocycles. The average Bonchev–Trinajstić information content (AvgIpc) is 2.91. The highest BCUT2D eigenvalue weighted by atomic mass is 35.5. The monoisotopic (exact) mass is 335 g/mol. The van der Waals surface area contributed by atoms with Crippen molar-refractivity contribution in [1.82, 2.24) is 5.32 Å². The number of Topliss-reactive ketones (excluding diaryl/α,β-unsaturated/α-hetero) is 1. The summed E-state index contributed by atoms with van der Waals surface area (Å²) in [5.74, 6) is -0.0632. The van der Waals surface area contributed by atoms with Gasteiger partial charge in [0.15, 0.2) is 5.78 Å². The van der Waals surface area contributed by atoms with Gasteiger partial charge in [-0.05, 0) is 43.2 Å². The van der Waals surface area contributed by atoms with Gasteiger partial charge in [0.1, 0.15) is 0 Å². The van der Waals surface area contributed by atoms with Crippen molar-refractivity contribution in [3.63, 3.8) is 0 Å². The Hall–Kier alpha value is -1.65. The number of ketones is 1. The Morgan fingerprint density at radius 1 is 1.18 bits per heavy atom. The largest absolute Gasteiger partial charge is 0.356 e. The maximum absolute atomic E-state index is 11.9. The first-order valence-corrected chi connectivity index (χ1v) is 8.35. The van der Waals surface area contributed by atoms with Crippen LogP contribution in [0.5, 0.6) is 0 Å². The highest BCUT2D eigenvalue weighted by Gasteiger charge is 2.10. The summed E-state index contributed by atoms with van der Waals surface area (Å²) in [5.41, 5.74) is 1.08. The van der Waals surface area contributed by atoms with Gasteiger partial charge in [-0.2, -0.15) is 0 Å². The zero-order valence-corrected chi connectivity index (χ0v) is 14.0. The molecule has 0 radical (unpaired) electrons. The Balaban J connectivity index is 1.69. The standard InChI is InChI=1S/C17H18ClNO2S/c1-12-5-7-16(22-12)15(20)6-8-17(21)19-10-9-13-3-2-4-14(18)11-13/h2-5,7,11H,6,8-10H2,1H3,(H,19,21). The lowest BCUT2D eigenvalue weighted by Gasteiger charge is -2.05. The van der Waals surface area contributed by atoms with Gasteiger partial charge >= 0.3 is 0 Å². The molecule has 22 heavy (non-hydrogen) atoms. The molecule has 0 aliphatic heterocycles. The summed E-state index contributed by atoms with van der Waals surface area (Å²) in [6.45, 7) is 2.51. The molecule has 2 aromatic rings. The number of rotatable bonds is 7. The number of aryl methyl sites for hydroxylation is 1. The normalized spacial score (nSPS) is 10.5. The van der Waals surface area contributed by atoms with Crippen molar-refractivity contribution in [1.29, 1.82) is 0 Å². The van der Waals surface area contributed by atoms with Gasteiger partial charge in [-0.1, -0.05) is 23.7 Å². The van der Waals surface area contributed by atoms with Crippen LogP contribution in [0.3, 0.4) is 0 Å². The van der Waals surface area contributed by atoms with Gasteiger partial charge in [-0.25, -0.2) is 0 Å². The van der Waals surface area contributed by atoms with Crippen molar-refractivity contribution in [2.24, 2.45) is 0 Å². The predicted molar refractivity (Wildman–Crippen MR) is 90.8 cm³/mol. The maximum atomic E-state index is 11.9. The molecule has 2 rings (SSSR count). The van der Waals surface area contributed by atoms with Gasteiger partial charge in [0.05, 0.1) is 4.88 Å². The van der Waals surface area contributed by atoms with Crippen LogP contribution >= 0.6 is 22.9 Å². The van der Waals surface area contributed by atoms with Crippen molar-refractivity contribution in [2.75, 3.05) is 6.54 Å². The number of amides is 1. The molecule has 0 fully saturated rings. The van der Waals surface area contributed by atoms with Crippen LogP contribution in [0.15, 0.2) is 36.4 Å². The second kappa shape index (κ2) is 8.11. The molecule has 1 aromatic heterocycles. The van der Waals surface area contributed by atoms with Gasteiger partial charge in [-0.3, -0.25) is 9.59 Å². The van der Waals surface area contributed by atoms with E-state index in [1.807, 2.05) is 43.3 Å². The molecule has 116 valence electrons. The first-order chi connectivity index (χ1) is 10.5. The minimum atomic E-state index is -0.0938. The molecule has 1 heterocycles. The van der Waals surface area contributed by atoms with Crippen LogP contribution < -0.4 is 5.32 Å². The van der Waals surface area contributed by atoms with Gasteiger partial charge in [0.25, 0.3) is 0 Å². The number of benzene rings is 1. The molecule has 5 heteroatoms. The molecule has 0 unspecified atom stereocenters. The Kier molecular flexibility index (Phi) is 6.16. The highest BCUT2D eigenvalue weighted by Crippen LogP contribution is 2.17. The second-order valence-electron chi connectivity index (χ2n) is 5.06. The third kappa shape index (κ3) is 5.28. The van der Waals surface area contributed by atoms with Crippen LogP contribution in [0, 0.1) is 6.92 Å². The summed E-state index contributed by atoms with van der Waals surface area (Å²) in [5, 5.41) is 3.53.